The maximum absolute atomic E-state index is 10.3. The van der Waals surface area contributed by atoms with Crippen molar-refractivity contribution in [1.82, 2.24) is 0 Å². The van der Waals surface area contributed by atoms with Gasteiger partial charge in [-0.25, -0.2) is 0 Å². The van der Waals surface area contributed by atoms with Gasteiger partial charge in [0, 0.05) is 0 Å². The number of rotatable bonds is 3. The summed E-state index contributed by atoms with van der Waals surface area (Å²) in [5.74, 6) is -0.490. The molecule has 0 aliphatic rings. The van der Waals surface area contributed by atoms with E-state index in [1.807, 2.05) is 0 Å². The zero-order valence-electron chi connectivity index (χ0n) is 5.45. The average Bonchev–Trinajstić information content (AvgIpc) is 1.83. The minimum Gasteiger partial charge on any atom is -0.462 e. The number of hydrogen-bond acceptors (Lipinski definition) is 5. The largest absolute Gasteiger partial charge is 0.462 e. The standard InChI is InChI=1S/C4H11N3O2.ClH/c5-1-4(8)9-2-3(6)7;/h3H,1-2,5-7H2;1H. The SMILES string of the molecule is Cl.NCC(=O)OCC(N)N. The lowest BCUT2D eigenvalue weighted by Crippen LogP contribution is -2.37. The third-order valence-corrected chi connectivity index (χ3v) is 0.603. The highest BCUT2D eigenvalue weighted by molar-refractivity contribution is 5.85. The number of carbonyl (C=O) groups is 1. The molecule has 6 N–H and O–H groups in total. The maximum atomic E-state index is 10.3. The quantitative estimate of drug-likeness (QED) is 0.340. The fraction of sp³-hybridized carbons (Fsp3) is 0.750. The van der Waals surface area contributed by atoms with Crippen LogP contribution in [0, 0.1) is 0 Å². The van der Waals surface area contributed by atoms with Crippen LogP contribution in [-0.4, -0.2) is 25.3 Å². The molecule has 0 radical (unpaired) electrons. The number of halogens is 1. The van der Waals surface area contributed by atoms with Crippen LogP contribution in [0.15, 0.2) is 0 Å². The summed E-state index contributed by atoms with van der Waals surface area (Å²) in [6.07, 6.45) is -0.611. The minimum absolute atomic E-state index is 0. The van der Waals surface area contributed by atoms with Gasteiger partial charge in [-0.2, -0.15) is 0 Å². The van der Waals surface area contributed by atoms with Crippen LogP contribution in [0.4, 0.5) is 0 Å². The van der Waals surface area contributed by atoms with Crippen LogP contribution in [0.5, 0.6) is 0 Å². The van der Waals surface area contributed by atoms with Gasteiger partial charge < -0.3 is 21.9 Å². The predicted octanol–water partition coefficient (Wildman–Crippen LogP) is -1.85. The Morgan fingerprint density at radius 1 is 1.50 bits per heavy atom. The lowest BCUT2D eigenvalue weighted by atomic mass is 10.6. The molecule has 0 aliphatic carbocycles. The first-order valence-electron chi connectivity index (χ1n) is 2.53. The fourth-order valence-electron chi connectivity index (χ4n) is 0.248. The smallest absolute Gasteiger partial charge is 0.319 e. The van der Waals surface area contributed by atoms with E-state index >= 15 is 0 Å². The fourth-order valence-corrected chi connectivity index (χ4v) is 0.248. The second kappa shape index (κ2) is 6.76. The molecule has 5 nitrogen and oxygen atoms in total. The highest BCUT2D eigenvalue weighted by atomic mass is 35.5. The van der Waals surface area contributed by atoms with Gasteiger partial charge in [-0.1, -0.05) is 0 Å². The lowest BCUT2D eigenvalue weighted by Gasteiger charge is -2.04. The molecule has 10 heavy (non-hydrogen) atoms. The van der Waals surface area contributed by atoms with Crippen molar-refractivity contribution in [2.45, 2.75) is 6.17 Å². The molecule has 0 saturated carbocycles. The highest BCUT2D eigenvalue weighted by Crippen LogP contribution is 1.74. The molecule has 0 atom stereocenters. The Bertz CT molecular complexity index is 98.5. The number of hydrogen-bond donors (Lipinski definition) is 3. The van der Waals surface area contributed by atoms with Crippen molar-refractivity contribution < 1.29 is 9.53 Å². The molecule has 6 heteroatoms. The average molecular weight is 170 g/mol. The van der Waals surface area contributed by atoms with E-state index in [0.717, 1.165) is 0 Å². The Morgan fingerprint density at radius 2 is 2.00 bits per heavy atom. The molecule has 0 heterocycles. The van der Waals surface area contributed by atoms with Crippen molar-refractivity contribution in [3.8, 4) is 0 Å². The topological polar surface area (TPSA) is 104 Å². The van der Waals surface area contributed by atoms with Gasteiger partial charge in [-0.05, 0) is 0 Å². The van der Waals surface area contributed by atoms with Gasteiger partial charge in [0.25, 0.3) is 0 Å². The van der Waals surface area contributed by atoms with Gasteiger partial charge in [0.2, 0.25) is 0 Å². The molecule has 0 fully saturated rings. The summed E-state index contributed by atoms with van der Waals surface area (Å²) in [6, 6.07) is 0. The van der Waals surface area contributed by atoms with E-state index in [2.05, 4.69) is 4.74 Å². The van der Waals surface area contributed by atoms with Gasteiger partial charge in [-0.3, -0.25) is 4.79 Å². The van der Waals surface area contributed by atoms with Gasteiger partial charge in [-0.15, -0.1) is 12.4 Å². The van der Waals surface area contributed by atoms with Crippen molar-refractivity contribution in [2.24, 2.45) is 17.2 Å². The third kappa shape index (κ3) is 7.64. The van der Waals surface area contributed by atoms with Crippen LogP contribution in [0.25, 0.3) is 0 Å². The maximum Gasteiger partial charge on any atom is 0.319 e. The Labute approximate surface area is 65.3 Å². The zero-order chi connectivity index (χ0) is 7.28. The van der Waals surface area contributed by atoms with Crippen molar-refractivity contribution >= 4 is 18.4 Å². The van der Waals surface area contributed by atoms with Crippen molar-refractivity contribution in [3.63, 3.8) is 0 Å². The Hall–Kier alpha value is -0.360. The highest BCUT2D eigenvalue weighted by Gasteiger charge is 1.99. The predicted molar refractivity (Wildman–Crippen MR) is 39.4 cm³/mol. The lowest BCUT2D eigenvalue weighted by molar-refractivity contribution is -0.142. The van der Waals surface area contributed by atoms with E-state index in [4.69, 9.17) is 17.2 Å². The summed E-state index contributed by atoms with van der Waals surface area (Å²) in [6.45, 7) is -0.108. The number of nitrogens with two attached hydrogens (primary N) is 3. The molecule has 0 aromatic rings. The van der Waals surface area contributed by atoms with Gasteiger partial charge in [0.05, 0.1) is 12.7 Å². The molecule has 0 saturated heterocycles. The Balaban J connectivity index is 0. The minimum atomic E-state index is -0.611. The van der Waals surface area contributed by atoms with Crippen LogP contribution < -0.4 is 17.2 Å². The van der Waals surface area contributed by atoms with Gasteiger partial charge >= 0.3 is 5.97 Å². The van der Waals surface area contributed by atoms with Crippen LogP contribution in [0.3, 0.4) is 0 Å². The summed E-state index contributed by atoms with van der Waals surface area (Å²) in [5.41, 5.74) is 15.0. The monoisotopic (exact) mass is 169 g/mol. The second-order valence-corrected chi connectivity index (χ2v) is 1.55. The molecule has 0 aromatic heterocycles. The molecular formula is C4H12ClN3O2. The zero-order valence-corrected chi connectivity index (χ0v) is 6.26. The van der Waals surface area contributed by atoms with Crippen LogP contribution in [0.2, 0.25) is 0 Å². The summed E-state index contributed by atoms with van der Waals surface area (Å²) < 4.78 is 4.44. The number of carbonyl (C=O) groups excluding carboxylic acids is 1. The van der Waals surface area contributed by atoms with Gasteiger partial charge in [0.1, 0.15) is 6.61 Å². The molecule has 0 amide bonds. The first-order chi connectivity index (χ1) is 4.16. The molecule has 0 rings (SSSR count). The van der Waals surface area contributed by atoms with Crippen LogP contribution >= 0.6 is 12.4 Å². The van der Waals surface area contributed by atoms with E-state index in [-0.39, 0.29) is 25.6 Å². The molecule has 0 unspecified atom stereocenters. The van der Waals surface area contributed by atoms with E-state index in [9.17, 15) is 4.79 Å². The van der Waals surface area contributed by atoms with Crippen molar-refractivity contribution in [2.75, 3.05) is 13.2 Å². The normalized spacial score (nSPS) is 8.80. The van der Waals surface area contributed by atoms with Gasteiger partial charge in [0.15, 0.2) is 0 Å². The summed E-state index contributed by atoms with van der Waals surface area (Å²) in [5, 5.41) is 0. The van der Waals surface area contributed by atoms with Crippen LogP contribution in [0.1, 0.15) is 0 Å². The number of ether oxygens (including phenoxy) is 1. The summed E-state index contributed by atoms with van der Waals surface area (Å²) >= 11 is 0. The molecule has 0 spiro atoms. The molecule has 62 valence electrons. The van der Waals surface area contributed by atoms with E-state index < -0.39 is 12.1 Å². The van der Waals surface area contributed by atoms with E-state index in [1.54, 1.807) is 0 Å². The Kier molecular flexibility index (Phi) is 8.33. The summed E-state index contributed by atoms with van der Waals surface area (Å²) in [7, 11) is 0. The summed E-state index contributed by atoms with van der Waals surface area (Å²) in [4.78, 5) is 10.3. The van der Waals surface area contributed by atoms with Crippen LogP contribution in [-0.2, 0) is 9.53 Å². The molecule has 0 bridgehead atoms. The Morgan fingerprint density at radius 3 is 2.30 bits per heavy atom. The van der Waals surface area contributed by atoms with Crippen molar-refractivity contribution in [3.05, 3.63) is 0 Å². The molecule has 0 aromatic carbocycles. The number of esters is 1. The molecule has 0 aliphatic heterocycles. The third-order valence-electron chi connectivity index (χ3n) is 0.603. The van der Waals surface area contributed by atoms with E-state index in [0.29, 0.717) is 0 Å². The van der Waals surface area contributed by atoms with Crippen molar-refractivity contribution in [1.29, 1.82) is 0 Å². The second-order valence-electron chi connectivity index (χ2n) is 1.55. The van der Waals surface area contributed by atoms with E-state index in [1.165, 1.54) is 0 Å². The molecular weight excluding hydrogens is 158 g/mol. The first-order valence-corrected chi connectivity index (χ1v) is 2.53. The first kappa shape index (κ1) is 12.3.